The maximum atomic E-state index is 13.2. The molecule has 0 aliphatic carbocycles. The van der Waals surface area contributed by atoms with E-state index in [0.29, 0.717) is 12.6 Å². The van der Waals surface area contributed by atoms with Gasteiger partial charge in [0, 0.05) is 45.3 Å². The molecule has 0 bridgehead atoms. The highest BCUT2D eigenvalue weighted by Gasteiger charge is 2.18. The molecule has 1 aromatic rings. The second-order valence-corrected chi connectivity index (χ2v) is 6.39. The molecule has 6 heteroatoms. The first-order valence-electron chi connectivity index (χ1n) is 8.77. The van der Waals surface area contributed by atoms with Gasteiger partial charge in [0.1, 0.15) is 5.82 Å². The predicted octanol–water partition coefficient (Wildman–Crippen LogP) is 1.52. The molecular weight excluding hydrogens is 305 g/mol. The zero-order valence-corrected chi connectivity index (χ0v) is 15.1. The minimum atomic E-state index is -0.218. The van der Waals surface area contributed by atoms with Crippen molar-refractivity contribution in [2.24, 2.45) is 4.99 Å². The summed E-state index contributed by atoms with van der Waals surface area (Å²) in [7, 11) is 2.17. The first-order valence-corrected chi connectivity index (χ1v) is 8.77. The van der Waals surface area contributed by atoms with E-state index in [9.17, 15) is 4.39 Å². The first kappa shape index (κ1) is 18.7. The van der Waals surface area contributed by atoms with Gasteiger partial charge in [-0.25, -0.2) is 9.38 Å². The number of guanidine groups is 1. The average Bonchev–Trinajstić information content (AvgIpc) is 2.58. The van der Waals surface area contributed by atoms with Crippen molar-refractivity contribution in [1.82, 2.24) is 20.4 Å². The maximum Gasteiger partial charge on any atom is 0.191 e. The summed E-state index contributed by atoms with van der Waals surface area (Å²) in [6.07, 6.45) is 0. The topological polar surface area (TPSA) is 42.9 Å². The second-order valence-electron chi connectivity index (χ2n) is 6.39. The smallest absolute Gasteiger partial charge is 0.191 e. The fourth-order valence-corrected chi connectivity index (χ4v) is 2.78. The van der Waals surface area contributed by atoms with E-state index in [4.69, 9.17) is 0 Å². The summed E-state index contributed by atoms with van der Waals surface area (Å²) in [6, 6.07) is 7.05. The summed E-state index contributed by atoms with van der Waals surface area (Å²) in [4.78, 5) is 9.42. The minimum Gasteiger partial charge on any atom is -0.357 e. The number of benzene rings is 1. The van der Waals surface area contributed by atoms with Crippen LogP contribution in [0, 0.1) is 5.82 Å². The molecule has 1 aliphatic rings. The van der Waals surface area contributed by atoms with Crippen molar-refractivity contribution in [3.63, 3.8) is 0 Å². The predicted molar refractivity (Wildman–Crippen MR) is 97.8 cm³/mol. The number of hydrogen-bond donors (Lipinski definition) is 2. The molecule has 5 nitrogen and oxygen atoms in total. The molecule has 0 radical (unpaired) electrons. The highest BCUT2D eigenvalue weighted by Crippen LogP contribution is 2.05. The largest absolute Gasteiger partial charge is 0.357 e. The molecular formula is C18H30FN5. The van der Waals surface area contributed by atoms with E-state index in [2.05, 4.69) is 39.4 Å². The molecule has 1 heterocycles. The standard InChI is InChI=1S/C18H30FN5/c1-4-20-18(22-14-16-6-5-7-17(19)12-16)21-13-15(2)24-10-8-23(3)9-11-24/h5-7,12,15H,4,8-11,13-14H2,1-3H3,(H2,20,21,22). The third kappa shape index (κ3) is 6.09. The molecule has 24 heavy (non-hydrogen) atoms. The molecule has 0 aromatic heterocycles. The number of hydrogen-bond acceptors (Lipinski definition) is 3. The highest BCUT2D eigenvalue weighted by atomic mass is 19.1. The van der Waals surface area contributed by atoms with Crippen LogP contribution in [0.4, 0.5) is 4.39 Å². The molecule has 1 aromatic carbocycles. The van der Waals surface area contributed by atoms with Crippen molar-refractivity contribution in [3.05, 3.63) is 35.6 Å². The van der Waals surface area contributed by atoms with Crippen molar-refractivity contribution in [1.29, 1.82) is 0 Å². The lowest BCUT2D eigenvalue weighted by Gasteiger charge is -2.36. The number of rotatable bonds is 6. The average molecular weight is 335 g/mol. The third-order valence-electron chi connectivity index (χ3n) is 4.38. The van der Waals surface area contributed by atoms with E-state index in [1.54, 1.807) is 6.07 Å². The first-order chi connectivity index (χ1) is 11.6. The Bertz CT molecular complexity index is 526. The molecule has 0 spiro atoms. The van der Waals surface area contributed by atoms with Gasteiger partial charge in [-0.15, -0.1) is 0 Å². The number of nitrogens with zero attached hydrogens (tertiary/aromatic N) is 3. The van der Waals surface area contributed by atoms with Crippen LogP contribution in [0.25, 0.3) is 0 Å². The molecule has 0 amide bonds. The second kappa shape index (κ2) is 9.59. The van der Waals surface area contributed by atoms with Gasteiger partial charge in [-0.1, -0.05) is 12.1 Å². The van der Waals surface area contributed by atoms with Gasteiger partial charge in [0.05, 0.1) is 6.54 Å². The van der Waals surface area contributed by atoms with Gasteiger partial charge in [0.15, 0.2) is 5.96 Å². The molecule has 2 N–H and O–H groups in total. The Morgan fingerprint density at radius 2 is 2.00 bits per heavy atom. The Morgan fingerprint density at radius 1 is 1.25 bits per heavy atom. The summed E-state index contributed by atoms with van der Waals surface area (Å²) in [5, 5.41) is 6.65. The highest BCUT2D eigenvalue weighted by molar-refractivity contribution is 5.79. The summed E-state index contributed by atoms with van der Waals surface area (Å²) in [6.45, 7) is 10.9. The minimum absolute atomic E-state index is 0.218. The third-order valence-corrected chi connectivity index (χ3v) is 4.38. The van der Waals surface area contributed by atoms with E-state index in [0.717, 1.165) is 50.8 Å². The molecule has 1 saturated heterocycles. The van der Waals surface area contributed by atoms with Crippen LogP contribution in [0.2, 0.25) is 0 Å². The van der Waals surface area contributed by atoms with Crippen molar-refractivity contribution in [3.8, 4) is 0 Å². The lowest BCUT2D eigenvalue weighted by atomic mass is 10.2. The van der Waals surface area contributed by atoms with Gasteiger partial charge >= 0.3 is 0 Å². The number of halogens is 1. The zero-order valence-electron chi connectivity index (χ0n) is 15.1. The Hall–Kier alpha value is -1.66. The van der Waals surface area contributed by atoms with Crippen LogP contribution in [0.3, 0.4) is 0 Å². The van der Waals surface area contributed by atoms with Gasteiger partial charge in [-0.3, -0.25) is 4.90 Å². The Kier molecular flexibility index (Phi) is 7.46. The fraction of sp³-hybridized carbons (Fsp3) is 0.611. The van der Waals surface area contributed by atoms with Crippen molar-refractivity contribution in [2.75, 3.05) is 46.3 Å². The number of piperazine rings is 1. The Morgan fingerprint density at radius 3 is 2.67 bits per heavy atom. The molecule has 1 fully saturated rings. The molecule has 1 aliphatic heterocycles. The van der Waals surface area contributed by atoms with Crippen LogP contribution in [0.15, 0.2) is 29.3 Å². The molecule has 1 atom stereocenters. The van der Waals surface area contributed by atoms with Crippen molar-refractivity contribution >= 4 is 5.96 Å². The SMILES string of the molecule is CCNC(=NCc1cccc(F)c1)NCC(C)N1CCN(C)CC1. The van der Waals surface area contributed by atoms with Gasteiger partial charge in [-0.2, -0.15) is 0 Å². The van der Waals surface area contributed by atoms with Crippen LogP contribution < -0.4 is 10.6 Å². The van der Waals surface area contributed by atoms with Crippen LogP contribution in [-0.4, -0.2) is 68.1 Å². The summed E-state index contributed by atoms with van der Waals surface area (Å²) < 4.78 is 13.2. The van der Waals surface area contributed by atoms with E-state index < -0.39 is 0 Å². The van der Waals surface area contributed by atoms with E-state index in [1.165, 1.54) is 12.1 Å². The normalized spacial score (nSPS) is 18.4. The summed E-state index contributed by atoms with van der Waals surface area (Å²) >= 11 is 0. The van der Waals surface area contributed by atoms with Gasteiger partial charge < -0.3 is 15.5 Å². The fourth-order valence-electron chi connectivity index (χ4n) is 2.78. The number of aliphatic imine (C=N–C) groups is 1. The Labute approximate surface area is 144 Å². The zero-order chi connectivity index (χ0) is 17.4. The van der Waals surface area contributed by atoms with Crippen LogP contribution in [0.1, 0.15) is 19.4 Å². The Balaban J connectivity index is 1.84. The molecule has 2 rings (SSSR count). The number of nitrogens with one attached hydrogen (secondary N) is 2. The van der Waals surface area contributed by atoms with E-state index >= 15 is 0 Å². The lowest BCUT2D eigenvalue weighted by molar-refractivity contribution is 0.120. The maximum absolute atomic E-state index is 13.2. The monoisotopic (exact) mass is 335 g/mol. The van der Waals surface area contributed by atoms with Crippen LogP contribution >= 0.6 is 0 Å². The van der Waals surface area contributed by atoms with Crippen molar-refractivity contribution < 1.29 is 4.39 Å². The van der Waals surface area contributed by atoms with E-state index in [1.807, 2.05) is 13.0 Å². The molecule has 0 saturated carbocycles. The number of likely N-dealkylation sites (N-methyl/N-ethyl adjacent to an activating group) is 1. The summed E-state index contributed by atoms with van der Waals surface area (Å²) in [5.74, 6) is 0.562. The lowest BCUT2D eigenvalue weighted by Crippen LogP contribution is -2.52. The van der Waals surface area contributed by atoms with Gasteiger partial charge in [0.2, 0.25) is 0 Å². The van der Waals surface area contributed by atoms with Gasteiger partial charge in [0.25, 0.3) is 0 Å². The molecule has 1 unspecified atom stereocenters. The quantitative estimate of drug-likeness (QED) is 0.611. The van der Waals surface area contributed by atoms with Crippen LogP contribution in [0.5, 0.6) is 0 Å². The van der Waals surface area contributed by atoms with E-state index in [-0.39, 0.29) is 5.82 Å². The summed E-state index contributed by atoms with van der Waals surface area (Å²) in [5.41, 5.74) is 0.874. The molecule has 134 valence electrons. The van der Waals surface area contributed by atoms with Crippen LogP contribution in [-0.2, 0) is 6.54 Å². The van der Waals surface area contributed by atoms with Gasteiger partial charge in [-0.05, 0) is 38.6 Å². The van der Waals surface area contributed by atoms with Crippen molar-refractivity contribution in [2.45, 2.75) is 26.4 Å².